The standard InChI is InChI=1S/C21H22N2O2S/c1-13-6-5-7-18(10-13)25-16(4)20(24)23-21-22-19(12-26-21)17-9-8-14(2)15(3)11-17/h5-12,16H,1-4H3,(H,22,23,24)/t16-/m1/s1. The average Bonchev–Trinajstić information content (AvgIpc) is 3.05. The number of nitrogens with one attached hydrogen (secondary N) is 1. The average molecular weight is 366 g/mol. The quantitative estimate of drug-likeness (QED) is 0.680. The Bertz CT molecular complexity index is 933. The molecule has 0 saturated heterocycles. The Balaban J connectivity index is 1.66. The second-order valence-corrected chi connectivity index (χ2v) is 7.26. The van der Waals surface area contributed by atoms with E-state index in [4.69, 9.17) is 4.74 Å². The Labute approximate surface area is 157 Å². The monoisotopic (exact) mass is 366 g/mol. The Morgan fingerprint density at radius 1 is 1.12 bits per heavy atom. The highest BCUT2D eigenvalue weighted by atomic mass is 32.1. The van der Waals surface area contributed by atoms with E-state index < -0.39 is 6.10 Å². The maximum Gasteiger partial charge on any atom is 0.266 e. The number of ether oxygens (including phenoxy) is 1. The van der Waals surface area contributed by atoms with E-state index in [0.717, 1.165) is 16.8 Å². The summed E-state index contributed by atoms with van der Waals surface area (Å²) in [4.78, 5) is 16.9. The van der Waals surface area contributed by atoms with Crippen LogP contribution in [-0.2, 0) is 4.79 Å². The van der Waals surface area contributed by atoms with E-state index in [-0.39, 0.29) is 5.91 Å². The first-order chi connectivity index (χ1) is 12.4. The van der Waals surface area contributed by atoms with Gasteiger partial charge >= 0.3 is 0 Å². The molecule has 0 bridgehead atoms. The highest BCUT2D eigenvalue weighted by Crippen LogP contribution is 2.26. The van der Waals surface area contributed by atoms with Gasteiger partial charge in [-0.2, -0.15) is 0 Å². The van der Waals surface area contributed by atoms with Crippen molar-refractivity contribution in [1.82, 2.24) is 4.98 Å². The summed E-state index contributed by atoms with van der Waals surface area (Å²) in [5.41, 5.74) is 5.48. The number of rotatable bonds is 5. The summed E-state index contributed by atoms with van der Waals surface area (Å²) >= 11 is 1.41. The number of benzene rings is 2. The Morgan fingerprint density at radius 2 is 1.92 bits per heavy atom. The van der Waals surface area contributed by atoms with E-state index in [0.29, 0.717) is 10.9 Å². The fourth-order valence-electron chi connectivity index (χ4n) is 2.52. The lowest BCUT2D eigenvalue weighted by atomic mass is 10.1. The molecule has 4 nitrogen and oxygen atoms in total. The van der Waals surface area contributed by atoms with Gasteiger partial charge in [0.05, 0.1) is 5.69 Å². The molecule has 0 aliphatic carbocycles. The predicted octanol–water partition coefficient (Wildman–Crippen LogP) is 5.14. The van der Waals surface area contributed by atoms with E-state index in [9.17, 15) is 4.79 Å². The van der Waals surface area contributed by atoms with E-state index in [1.54, 1.807) is 6.92 Å². The number of carbonyl (C=O) groups is 1. The molecule has 0 fully saturated rings. The minimum absolute atomic E-state index is 0.215. The number of thiazole rings is 1. The molecule has 3 aromatic rings. The van der Waals surface area contributed by atoms with E-state index >= 15 is 0 Å². The first kappa shape index (κ1) is 18.1. The smallest absolute Gasteiger partial charge is 0.266 e. The van der Waals surface area contributed by atoms with Gasteiger partial charge in [-0.3, -0.25) is 10.1 Å². The maximum absolute atomic E-state index is 12.4. The van der Waals surface area contributed by atoms with Crippen LogP contribution in [0.15, 0.2) is 47.8 Å². The number of anilines is 1. The molecule has 26 heavy (non-hydrogen) atoms. The molecule has 1 atom stereocenters. The van der Waals surface area contributed by atoms with E-state index in [2.05, 4.69) is 36.3 Å². The third kappa shape index (κ3) is 4.29. The first-order valence-electron chi connectivity index (χ1n) is 8.50. The van der Waals surface area contributed by atoms with Crippen molar-refractivity contribution in [2.24, 2.45) is 0 Å². The van der Waals surface area contributed by atoms with E-state index in [1.807, 2.05) is 42.6 Å². The number of aromatic nitrogens is 1. The lowest BCUT2D eigenvalue weighted by Crippen LogP contribution is -2.30. The summed E-state index contributed by atoms with van der Waals surface area (Å²) in [5.74, 6) is 0.468. The van der Waals surface area contributed by atoms with Gasteiger partial charge in [0.25, 0.3) is 5.91 Å². The van der Waals surface area contributed by atoms with Crippen molar-refractivity contribution in [3.8, 4) is 17.0 Å². The highest BCUT2D eigenvalue weighted by molar-refractivity contribution is 7.14. The van der Waals surface area contributed by atoms with Crippen molar-refractivity contribution in [1.29, 1.82) is 0 Å². The zero-order chi connectivity index (χ0) is 18.7. The number of hydrogen-bond donors (Lipinski definition) is 1. The lowest BCUT2D eigenvalue weighted by molar-refractivity contribution is -0.122. The third-order valence-electron chi connectivity index (χ3n) is 4.21. The predicted molar refractivity (Wildman–Crippen MR) is 107 cm³/mol. The van der Waals surface area contributed by atoms with Crippen LogP contribution in [0.4, 0.5) is 5.13 Å². The molecule has 3 rings (SSSR count). The van der Waals surface area contributed by atoms with Crippen molar-refractivity contribution in [2.45, 2.75) is 33.8 Å². The second kappa shape index (κ2) is 7.70. The molecule has 0 radical (unpaired) electrons. The van der Waals surface area contributed by atoms with Gasteiger partial charge in [0.2, 0.25) is 0 Å². The van der Waals surface area contributed by atoms with Crippen molar-refractivity contribution in [2.75, 3.05) is 5.32 Å². The Kier molecular flexibility index (Phi) is 5.38. The molecule has 1 amide bonds. The zero-order valence-electron chi connectivity index (χ0n) is 15.4. The molecule has 2 aromatic carbocycles. The Morgan fingerprint density at radius 3 is 2.65 bits per heavy atom. The molecule has 1 heterocycles. The molecular weight excluding hydrogens is 344 g/mol. The lowest BCUT2D eigenvalue weighted by Gasteiger charge is -2.14. The largest absolute Gasteiger partial charge is 0.481 e. The molecule has 134 valence electrons. The maximum atomic E-state index is 12.4. The molecule has 0 aliphatic heterocycles. The van der Waals surface area contributed by atoms with Crippen LogP contribution in [-0.4, -0.2) is 17.0 Å². The highest BCUT2D eigenvalue weighted by Gasteiger charge is 2.17. The van der Waals surface area contributed by atoms with Gasteiger partial charge in [-0.25, -0.2) is 4.98 Å². The van der Waals surface area contributed by atoms with Crippen LogP contribution in [0, 0.1) is 20.8 Å². The van der Waals surface area contributed by atoms with Crippen molar-refractivity contribution in [3.63, 3.8) is 0 Å². The van der Waals surface area contributed by atoms with Gasteiger partial charge < -0.3 is 4.74 Å². The van der Waals surface area contributed by atoms with Gasteiger partial charge in [-0.15, -0.1) is 11.3 Å². The summed E-state index contributed by atoms with van der Waals surface area (Å²) in [6.45, 7) is 7.89. The number of aryl methyl sites for hydroxylation is 3. The van der Waals surface area contributed by atoms with Gasteiger partial charge in [-0.1, -0.05) is 24.3 Å². The van der Waals surface area contributed by atoms with Crippen LogP contribution in [0.2, 0.25) is 0 Å². The molecule has 1 aromatic heterocycles. The molecule has 1 N–H and O–H groups in total. The van der Waals surface area contributed by atoms with E-state index in [1.165, 1.54) is 22.5 Å². The third-order valence-corrected chi connectivity index (χ3v) is 4.97. The van der Waals surface area contributed by atoms with Crippen molar-refractivity contribution >= 4 is 22.4 Å². The summed E-state index contributed by atoms with van der Waals surface area (Å²) in [7, 11) is 0. The second-order valence-electron chi connectivity index (χ2n) is 6.40. The van der Waals surface area contributed by atoms with Crippen LogP contribution in [0.1, 0.15) is 23.6 Å². The fourth-order valence-corrected chi connectivity index (χ4v) is 3.24. The summed E-state index contributed by atoms with van der Waals surface area (Å²) in [6, 6.07) is 13.9. The normalized spacial score (nSPS) is 11.8. The number of carbonyl (C=O) groups excluding carboxylic acids is 1. The van der Waals surface area contributed by atoms with Crippen LogP contribution in [0.5, 0.6) is 5.75 Å². The number of hydrogen-bond acceptors (Lipinski definition) is 4. The molecule has 5 heteroatoms. The van der Waals surface area contributed by atoms with Crippen molar-refractivity contribution in [3.05, 3.63) is 64.5 Å². The minimum Gasteiger partial charge on any atom is -0.481 e. The van der Waals surface area contributed by atoms with Crippen molar-refractivity contribution < 1.29 is 9.53 Å². The molecule has 0 aliphatic rings. The fraction of sp³-hybridized carbons (Fsp3) is 0.238. The minimum atomic E-state index is -0.606. The molecule has 0 spiro atoms. The van der Waals surface area contributed by atoms with Crippen LogP contribution in [0.3, 0.4) is 0 Å². The molecule has 0 saturated carbocycles. The molecular formula is C21H22N2O2S. The zero-order valence-corrected chi connectivity index (χ0v) is 16.2. The van der Waals surface area contributed by atoms with Crippen LogP contribution in [0.25, 0.3) is 11.3 Å². The first-order valence-corrected chi connectivity index (χ1v) is 9.37. The Hall–Kier alpha value is -2.66. The SMILES string of the molecule is Cc1cccc(O[C@H](C)C(=O)Nc2nc(-c3ccc(C)c(C)c3)cs2)c1. The van der Waals surface area contributed by atoms with Gasteiger partial charge in [-0.05, 0) is 62.6 Å². The summed E-state index contributed by atoms with van der Waals surface area (Å²) < 4.78 is 5.71. The number of nitrogens with zero attached hydrogens (tertiary/aromatic N) is 1. The molecule has 0 unspecified atom stereocenters. The topological polar surface area (TPSA) is 51.2 Å². The number of amides is 1. The van der Waals surface area contributed by atoms with Gasteiger partial charge in [0.1, 0.15) is 5.75 Å². The summed E-state index contributed by atoms with van der Waals surface area (Å²) in [6.07, 6.45) is -0.606. The van der Waals surface area contributed by atoms with Crippen LogP contribution >= 0.6 is 11.3 Å². The van der Waals surface area contributed by atoms with Gasteiger partial charge in [0.15, 0.2) is 11.2 Å². The summed E-state index contributed by atoms with van der Waals surface area (Å²) in [5, 5.41) is 5.36. The van der Waals surface area contributed by atoms with Crippen LogP contribution < -0.4 is 10.1 Å². The van der Waals surface area contributed by atoms with Gasteiger partial charge in [0, 0.05) is 10.9 Å².